The summed E-state index contributed by atoms with van der Waals surface area (Å²) in [5, 5.41) is 2.91. The van der Waals surface area contributed by atoms with Crippen molar-refractivity contribution < 1.29 is 9.59 Å². The lowest BCUT2D eigenvalue weighted by atomic mass is 10.1. The Morgan fingerprint density at radius 1 is 1.05 bits per heavy atom. The number of nitrogens with one attached hydrogen (secondary N) is 1. The number of likely N-dealkylation sites (tertiary alicyclic amines) is 1. The summed E-state index contributed by atoms with van der Waals surface area (Å²) >= 11 is 0. The summed E-state index contributed by atoms with van der Waals surface area (Å²) in [5.74, 6) is 0.543. The maximum absolute atomic E-state index is 12.2. The van der Waals surface area contributed by atoms with Crippen molar-refractivity contribution in [3.63, 3.8) is 0 Å². The summed E-state index contributed by atoms with van der Waals surface area (Å²) in [6, 6.07) is 7.65. The maximum atomic E-state index is 12.2. The Morgan fingerprint density at radius 3 is 2.33 bits per heavy atom. The summed E-state index contributed by atoms with van der Waals surface area (Å²) in [5.41, 5.74) is 1.83. The molecule has 4 heteroatoms. The molecule has 2 aliphatic rings. The summed E-state index contributed by atoms with van der Waals surface area (Å²) in [4.78, 5) is 25.8. The van der Waals surface area contributed by atoms with E-state index in [1.54, 1.807) is 0 Å². The number of hydrogen-bond donors (Lipinski definition) is 1. The van der Waals surface area contributed by atoms with E-state index in [-0.39, 0.29) is 17.7 Å². The van der Waals surface area contributed by atoms with Crippen LogP contribution in [-0.4, -0.2) is 29.8 Å². The number of piperidine rings is 1. The fourth-order valence-corrected chi connectivity index (χ4v) is 2.73. The summed E-state index contributed by atoms with van der Waals surface area (Å²) < 4.78 is 0. The van der Waals surface area contributed by atoms with Crippen LogP contribution in [0.4, 0.5) is 5.69 Å². The molecule has 1 saturated heterocycles. The third kappa shape index (κ3) is 3.84. The van der Waals surface area contributed by atoms with Crippen LogP contribution < -0.4 is 5.32 Å². The molecule has 1 aliphatic heterocycles. The van der Waals surface area contributed by atoms with Gasteiger partial charge in [-0.25, -0.2) is 0 Å². The molecule has 1 heterocycles. The Balaban J connectivity index is 1.53. The minimum Gasteiger partial charge on any atom is -0.342 e. The van der Waals surface area contributed by atoms with Crippen LogP contribution in [0.5, 0.6) is 0 Å². The van der Waals surface area contributed by atoms with Crippen LogP contribution in [0.15, 0.2) is 24.3 Å². The van der Waals surface area contributed by atoms with Gasteiger partial charge < -0.3 is 10.2 Å². The predicted molar refractivity (Wildman–Crippen MR) is 81.9 cm³/mol. The zero-order valence-electron chi connectivity index (χ0n) is 12.3. The number of hydrogen-bond acceptors (Lipinski definition) is 2. The average molecular weight is 286 g/mol. The fraction of sp³-hybridized carbons (Fsp3) is 0.529. The van der Waals surface area contributed by atoms with Crippen molar-refractivity contribution in [3.8, 4) is 0 Å². The fourth-order valence-electron chi connectivity index (χ4n) is 2.73. The lowest BCUT2D eigenvalue weighted by molar-refractivity contribution is -0.131. The van der Waals surface area contributed by atoms with Crippen LogP contribution in [0, 0.1) is 5.92 Å². The quantitative estimate of drug-likeness (QED) is 0.925. The Bertz CT molecular complexity index is 514. The second kappa shape index (κ2) is 6.29. The molecule has 2 amide bonds. The average Bonchev–Trinajstić information content (AvgIpc) is 3.35. The van der Waals surface area contributed by atoms with Gasteiger partial charge in [0.1, 0.15) is 0 Å². The molecule has 1 N–H and O–H groups in total. The molecular formula is C17H22N2O2. The molecule has 0 unspecified atom stereocenters. The van der Waals surface area contributed by atoms with Gasteiger partial charge in [0.05, 0.1) is 6.42 Å². The molecule has 1 aliphatic carbocycles. The van der Waals surface area contributed by atoms with Crippen molar-refractivity contribution in [1.82, 2.24) is 4.90 Å². The van der Waals surface area contributed by atoms with E-state index in [4.69, 9.17) is 0 Å². The van der Waals surface area contributed by atoms with E-state index in [1.807, 2.05) is 29.2 Å². The molecule has 21 heavy (non-hydrogen) atoms. The van der Waals surface area contributed by atoms with Gasteiger partial charge in [-0.3, -0.25) is 9.59 Å². The SMILES string of the molecule is O=C(Nc1ccc(CC(=O)N2CCCCC2)cc1)C1CC1. The van der Waals surface area contributed by atoms with Gasteiger partial charge in [0, 0.05) is 24.7 Å². The van der Waals surface area contributed by atoms with Gasteiger partial charge in [0.25, 0.3) is 0 Å². The molecule has 0 radical (unpaired) electrons. The number of amides is 2. The minimum absolute atomic E-state index is 0.118. The van der Waals surface area contributed by atoms with Crippen LogP contribution in [0.1, 0.15) is 37.7 Å². The Kier molecular flexibility index (Phi) is 4.23. The second-order valence-electron chi connectivity index (χ2n) is 6.08. The molecule has 1 aromatic rings. The highest BCUT2D eigenvalue weighted by molar-refractivity contribution is 5.94. The van der Waals surface area contributed by atoms with Crippen molar-refractivity contribution in [2.75, 3.05) is 18.4 Å². The van der Waals surface area contributed by atoms with Crippen LogP contribution in [0.3, 0.4) is 0 Å². The predicted octanol–water partition coefficient (Wildman–Crippen LogP) is 2.59. The van der Waals surface area contributed by atoms with Gasteiger partial charge in [-0.2, -0.15) is 0 Å². The summed E-state index contributed by atoms with van der Waals surface area (Å²) in [7, 11) is 0. The van der Waals surface area contributed by atoms with Gasteiger partial charge >= 0.3 is 0 Å². The normalized spacial score (nSPS) is 18.4. The van der Waals surface area contributed by atoms with Crippen molar-refractivity contribution >= 4 is 17.5 Å². The number of nitrogens with zero attached hydrogens (tertiary/aromatic N) is 1. The largest absolute Gasteiger partial charge is 0.342 e. The standard InChI is InChI=1S/C17H22N2O2/c20-16(19-10-2-1-3-11-19)12-13-4-8-15(9-5-13)18-17(21)14-6-7-14/h4-5,8-9,14H,1-3,6-7,10-12H2,(H,18,21). The third-order valence-corrected chi connectivity index (χ3v) is 4.23. The molecule has 0 spiro atoms. The lowest BCUT2D eigenvalue weighted by Crippen LogP contribution is -2.36. The van der Waals surface area contributed by atoms with E-state index in [9.17, 15) is 9.59 Å². The van der Waals surface area contributed by atoms with Crippen molar-refractivity contribution in [2.24, 2.45) is 5.92 Å². The number of benzene rings is 1. The van der Waals surface area contributed by atoms with Gasteiger partial charge in [-0.15, -0.1) is 0 Å². The van der Waals surface area contributed by atoms with Gasteiger partial charge in [0.15, 0.2) is 0 Å². The smallest absolute Gasteiger partial charge is 0.227 e. The molecule has 1 saturated carbocycles. The monoisotopic (exact) mass is 286 g/mol. The number of carbonyl (C=O) groups excluding carboxylic acids is 2. The highest BCUT2D eigenvalue weighted by Gasteiger charge is 2.29. The van der Waals surface area contributed by atoms with Gasteiger partial charge in [-0.05, 0) is 49.8 Å². The molecule has 1 aromatic carbocycles. The van der Waals surface area contributed by atoms with Crippen molar-refractivity contribution in [3.05, 3.63) is 29.8 Å². The molecule has 112 valence electrons. The summed E-state index contributed by atoms with van der Waals surface area (Å²) in [6.45, 7) is 1.79. The second-order valence-corrected chi connectivity index (χ2v) is 6.08. The summed E-state index contributed by atoms with van der Waals surface area (Å²) in [6.07, 6.45) is 5.95. The van der Waals surface area contributed by atoms with E-state index in [0.717, 1.165) is 50.0 Å². The maximum Gasteiger partial charge on any atom is 0.227 e. The molecule has 3 rings (SSSR count). The van der Waals surface area contributed by atoms with Crippen molar-refractivity contribution in [2.45, 2.75) is 38.5 Å². The molecule has 2 fully saturated rings. The van der Waals surface area contributed by atoms with Gasteiger partial charge in [0.2, 0.25) is 11.8 Å². The first-order chi connectivity index (χ1) is 10.2. The van der Waals surface area contributed by atoms with E-state index in [0.29, 0.717) is 6.42 Å². The van der Waals surface area contributed by atoms with Crippen LogP contribution in [0.25, 0.3) is 0 Å². The van der Waals surface area contributed by atoms with E-state index in [2.05, 4.69) is 5.32 Å². The number of anilines is 1. The van der Waals surface area contributed by atoms with E-state index in [1.165, 1.54) is 6.42 Å². The Hall–Kier alpha value is -1.84. The first-order valence-corrected chi connectivity index (χ1v) is 7.90. The van der Waals surface area contributed by atoms with E-state index >= 15 is 0 Å². The lowest BCUT2D eigenvalue weighted by Gasteiger charge is -2.26. The number of rotatable bonds is 4. The van der Waals surface area contributed by atoms with Crippen LogP contribution in [-0.2, 0) is 16.0 Å². The van der Waals surface area contributed by atoms with Crippen LogP contribution in [0.2, 0.25) is 0 Å². The molecule has 4 nitrogen and oxygen atoms in total. The first kappa shape index (κ1) is 14.1. The highest BCUT2D eigenvalue weighted by Crippen LogP contribution is 2.30. The zero-order chi connectivity index (χ0) is 14.7. The molecular weight excluding hydrogens is 264 g/mol. The topological polar surface area (TPSA) is 49.4 Å². The minimum atomic E-state index is 0.118. The third-order valence-electron chi connectivity index (χ3n) is 4.23. The molecule has 0 atom stereocenters. The Morgan fingerprint density at radius 2 is 1.71 bits per heavy atom. The van der Waals surface area contributed by atoms with Crippen molar-refractivity contribution in [1.29, 1.82) is 0 Å². The Labute approximate surface area is 125 Å². The first-order valence-electron chi connectivity index (χ1n) is 7.90. The highest BCUT2D eigenvalue weighted by atomic mass is 16.2. The zero-order valence-corrected chi connectivity index (χ0v) is 12.3. The number of carbonyl (C=O) groups is 2. The molecule has 0 aromatic heterocycles. The molecule has 0 bridgehead atoms. The van der Waals surface area contributed by atoms with Gasteiger partial charge in [-0.1, -0.05) is 12.1 Å². The van der Waals surface area contributed by atoms with E-state index < -0.39 is 0 Å². The van der Waals surface area contributed by atoms with Crippen LogP contribution >= 0.6 is 0 Å².